The molecular formula is C24H28N2O5. The fraction of sp³-hybridized carbons (Fsp3) is 0.417. The van der Waals surface area contributed by atoms with Crippen LogP contribution in [0.4, 0.5) is 5.69 Å². The Kier molecular flexibility index (Phi) is 6.02. The number of hydrogen-bond donors (Lipinski definition) is 0. The number of aryl methyl sites for hydroxylation is 1. The van der Waals surface area contributed by atoms with Gasteiger partial charge >= 0.3 is 0 Å². The molecule has 7 nitrogen and oxygen atoms in total. The molecular weight excluding hydrogens is 396 g/mol. The van der Waals surface area contributed by atoms with Crippen LogP contribution >= 0.6 is 0 Å². The normalized spacial score (nSPS) is 17.6. The number of rotatable bonds is 6. The Morgan fingerprint density at radius 3 is 2.81 bits per heavy atom. The number of nitrogens with zero attached hydrogens (tertiary/aromatic N) is 2. The van der Waals surface area contributed by atoms with Gasteiger partial charge in [-0.05, 0) is 37.6 Å². The number of carbonyl (C=O) groups excluding carboxylic acids is 2. The Bertz CT molecular complexity index is 990. The van der Waals surface area contributed by atoms with Crippen molar-refractivity contribution in [2.45, 2.75) is 26.8 Å². The molecule has 0 saturated carbocycles. The molecule has 1 unspecified atom stereocenters. The van der Waals surface area contributed by atoms with Gasteiger partial charge in [-0.3, -0.25) is 9.59 Å². The summed E-state index contributed by atoms with van der Waals surface area (Å²) in [7, 11) is 1.59. The lowest BCUT2D eigenvalue weighted by atomic mass is 10.1. The van der Waals surface area contributed by atoms with Gasteiger partial charge in [-0.2, -0.15) is 0 Å². The lowest BCUT2D eigenvalue weighted by Crippen LogP contribution is -2.37. The summed E-state index contributed by atoms with van der Waals surface area (Å²) < 4.78 is 16.9. The molecule has 7 heteroatoms. The van der Waals surface area contributed by atoms with Crippen LogP contribution in [0.3, 0.4) is 0 Å². The van der Waals surface area contributed by atoms with E-state index < -0.39 is 5.92 Å². The smallest absolute Gasteiger partial charge is 0.228 e. The monoisotopic (exact) mass is 424 g/mol. The first-order chi connectivity index (χ1) is 15.0. The zero-order valence-corrected chi connectivity index (χ0v) is 18.2. The van der Waals surface area contributed by atoms with Crippen molar-refractivity contribution in [3.63, 3.8) is 0 Å². The van der Waals surface area contributed by atoms with Crippen molar-refractivity contribution in [1.29, 1.82) is 0 Å². The molecule has 2 aromatic rings. The van der Waals surface area contributed by atoms with E-state index in [4.69, 9.17) is 14.2 Å². The molecule has 4 rings (SSSR count). The van der Waals surface area contributed by atoms with Gasteiger partial charge in [0.05, 0.1) is 18.7 Å². The van der Waals surface area contributed by atoms with E-state index in [9.17, 15) is 9.59 Å². The van der Waals surface area contributed by atoms with Crippen molar-refractivity contribution in [1.82, 2.24) is 4.90 Å². The number of carbonyl (C=O) groups is 2. The summed E-state index contributed by atoms with van der Waals surface area (Å²) in [4.78, 5) is 29.6. The van der Waals surface area contributed by atoms with E-state index in [1.54, 1.807) is 16.9 Å². The largest absolute Gasteiger partial charge is 0.495 e. The van der Waals surface area contributed by atoms with Gasteiger partial charge in [0.1, 0.15) is 19.0 Å². The van der Waals surface area contributed by atoms with Crippen LogP contribution in [0.1, 0.15) is 24.5 Å². The van der Waals surface area contributed by atoms with Crippen molar-refractivity contribution < 1.29 is 23.8 Å². The summed E-state index contributed by atoms with van der Waals surface area (Å²) in [5, 5.41) is 0. The number of para-hydroxylation sites is 1. The molecule has 0 aliphatic carbocycles. The molecule has 2 aliphatic rings. The number of anilines is 1. The lowest BCUT2D eigenvalue weighted by Gasteiger charge is -2.27. The van der Waals surface area contributed by atoms with Gasteiger partial charge in [0, 0.05) is 31.6 Å². The molecule has 0 N–H and O–H groups in total. The summed E-state index contributed by atoms with van der Waals surface area (Å²) in [6, 6.07) is 11.5. The highest BCUT2D eigenvalue weighted by Crippen LogP contribution is 2.36. The average Bonchev–Trinajstić information content (AvgIpc) is 3.18. The maximum absolute atomic E-state index is 13.3. The first-order valence-electron chi connectivity index (χ1n) is 10.6. The molecule has 0 spiro atoms. The zero-order chi connectivity index (χ0) is 22.0. The van der Waals surface area contributed by atoms with E-state index >= 15 is 0 Å². The molecule has 2 amide bonds. The van der Waals surface area contributed by atoms with Gasteiger partial charge in [-0.25, -0.2) is 0 Å². The molecule has 1 fully saturated rings. The SMILES string of the molecule is CCN(Cc1cccc2c1OCCO2)C(=O)C1CC(=O)N(c2cc(C)ccc2OC)C1. The first kappa shape index (κ1) is 21.0. The van der Waals surface area contributed by atoms with Gasteiger partial charge in [-0.15, -0.1) is 0 Å². The minimum absolute atomic E-state index is 0.0284. The minimum atomic E-state index is -0.394. The highest BCUT2D eigenvalue weighted by molar-refractivity contribution is 6.01. The second kappa shape index (κ2) is 8.88. The highest BCUT2D eigenvalue weighted by atomic mass is 16.6. The van der Waals surface area contributed by atoms with Gasteiger partial charge in [-0.1, -0.05) is 18.2 Å². The van der Waals surface area contributed by atoms with Crippen LogP contribution in [-0.4, -0.2) is 50.1 Å². The molecule has 2 heterocycles. The van der Waals surface area contributed by atoms with E-state index in [2.05, 4.69) is 0 Å². The Balaban J connectivity index is 1.52. The number of benzene rings is 2. The van der Waals surface area contributed by atoms with E-state index in [1.165, 1.54) is 0 Å². The third-order valence-corrected chi connectivity index (χ3v) is 5.80. The first-order valence-corrected chi connectivity index (χ1v) is 10.6. The quantitative estimate of drug-likeness (QED) is 0.713. The molecule has 1 atom stereocenters. The Hall–Kier alpha value is -3.22. The number of ether oxygens (including phenoxy) is 3. The predicted octanol–water partition coefficient (Wildman–Crippen LogP) is 3.18. The van der Waals surface area contributed by atoms with Crippen LogP contribution < -0.4 is 19.1 Å². The van der Waals surface area contributed by atoms with Crippen LogP contribution in [0.2, 0.25) is 0 Å². The van der Waals surface area contributed by atoms with E-state index in [1.807, 2.05) is 50.2 Å². The lowest BCUT2D eigenvalue weighted by molar-refractivity contribution is -0.136. The fourth-order valence-corrected chi connectivity index (χ4v) is 4.18. The van der Waals surface area contributed by atoms with Crippen LogP contribution in [0.25, 0.3) is 0 Å². The van der Waals surface area contributed by atoms with Gasteiger partial charge in [0.2, 0.25) is 11.8 Å². The molecule has 0 aromatic heterocycles. The van der Waals surface area contributed by atoms with E-state index in [0.29, 0.717) is 55.8 Å². The predicted molar refractivity (Wildman–Crippen MR) is 117 cm³/mol. The maximum atomic E-state index is 13.3. The topological polar surface area (TPSA) is 68.3 Å². The van der Waals surface area contributed by atoms with Crippen molar-refractivity contribution >= 4 is 17.5 Å². The summed E-state index contributed by atoms with van der Waals surface area (Å²) in [6.07, 6.45) is 0.193. The van der Waals surface area contributed by atoms with Crippen molar-refractivity contribution in [2.75, 3.05) is 38.3 Å². The molecule has 31 heavy (non-hydrogen) atoms. The number of amides is 2. The van der Waals surface area contributed by atoms with E-state index in [-0.39, 0.29) is 18.2 Å². The summed E-state index contributed by atoms with van der Waals surface area (Å²) in [5.41, 5.74) is 2.66. The highest BCUT2D eigenvalue weighted by Gasteiger charge is 2.38. The van der Waals surface area contributed by atoms with Crippen LogP contribution in [-0.2, 0) is 16.1 Å². The molecule has 0 bridgehead atoms. The second-order valence-corrected chi connectivity index (χ2v) is 7.87. The Morgan fingerprint density at radius 1 is 1.23 bits per heavy atom. The zero-order valence-electron chi connectivity index (χ0n) is 18.2. The molecule has 2 aliphatic heterocycles. The molecule has 1 saturated heterocycles. The number of hydrogen-bond acceptors (Lipinski definition) is 5. The van der Waals surface area contributed by atoms with E-state index in [0.717, 1.165) is 11.1 Å². The van der Waals surface area contributed by atoms with Gasteiger partial charge < -0.3 is 24.0 Å². The summed E-state index contributed by atoms with van der Waals surface area (Å²) in [6.45, 7) is 6.24. The Morgan fingerprint density at radius 2 is 2.03 bits per heavy atom. The number of fused-ring (bicyclic) bond motifs is 1. The molecule has 0 radical (unpaired) electrons. The standard InChI is InChI=1S/C24H28N2O5/c1-4-25(14-17-6-5-7-21-23(17)31-11-10-30-21)24(28)18-13-22(27)26(15-18)19-12-16(2)8-9-20(19)29-3/h5-9,12,18H,4,10-11,13-15H2,1-3H3. The van der Waals surface area contributed by atoms with Crippen molar-refractivity contribution in [2.24, 2.45) is 5.92 Å². The van der Waals surface area contributed by atoms with Crippen molar-refractivity contribution in [3.8, 4) is 17.2 Å². The Labute approximate surface area is 182 Å². The summed E-state index contributed by atoms with van der Waals surface area (Å²) in [5.74, 6) is 1.56. The number of methoxy groups -OCH3 is 1. The summed E-state index contributed by atoms with van der Waals surface area (Å²) >= 11 is 0. The molecule has 2 aromatic carbocycles. The third-order valence-electron chi connectivity index (χ3n) is 5.80. The van der Waals surface area contributed by atoms with Gasteiger partial charge in [0.25, 0.3) is 0 Å². The molecule has 164 valence electrons. The van der Waals surface area contributed by atoms with Crippen molar-refractivity contribution in [3.05, 3.63) is 47.5 Å². The fourth-order valence-electron chi connectivity index (χ4n) is 4.18. The third kappa shape index (κ3) is 4.17. The average molecular weight is 424 g/mol. The minimum Gasteiger partial charge on any atom is -0.495 e. The van der Waals surface area contributed by atoms with Crippen LogP contribution in [0.5, 0.6) is 17.2 Å². The maximum Gasteiger partial charge on any atom is 0.228 e. The van der Waals surface area contributed by atoms with Crippen LogP contribution in [0, 0.1) is 12.8 Å². The second-order valence-electron chi connectivity index (χ2n) is 7.87. The van der Waals surface area contributed by atoms with Gasteiger partial charge in [0.15, 0.2) is 11.5 Å². The van der Waals surface area contributed by atoms with Crippen LogP contribution in [0.15, 0.2) is 36.4 Å².